The van der Waals surface area contributed by atoms with Crippen molar-refractivity contribution >= 4 is 28.9 Å². The second kappa shape index (κ2) is 7.25. The molecule has 0 aromatic heterocycles. The van der Waals surface area contributed by atoms with Gasteiger partial charge in [-0.15, -0.1) is 0 Å². The predicted octanol–water partition coefficient (Wildman–Crippen LogP) is 0.613. The lowest BCUT2D eigenvalue weighted by Crippen LogP contribution is -2.41. The number of nitrogens with zero attached hydrogens (tertiary/aromatic N) is 1. The highest BCUT2D eigenvalue weighted by Crippen LogP contribution is 2.16. The van der Waals surface area contributed by atoms with E-state index in [0.29, 0.717) is 19.7 Å². The average Bonchev–Trinajstić information content (AvgIpc) is 2.72. The molecule has 18 heavy (non-hydrogen) atoms. The second-order valence-corrected chi connectivity index (χ2v) is 4.94. The van der Waals surface area contributed by atoms with Crippen molar-refractivity contribution in [1.82, 2.24) is 10.2 Å². The number of rotatable bonds is 6. The van der Waals surface area contributed by atoms with Gasteiger partial charge in [-0.05, 0) is 13.8 Å². The van der Waals surface area contributed by atoms with Crippen LogP contribution in [0.1, 0.15) is 20.3 Å². The zero-order valence-corrected chi connectivity index (χ0v) is 11.4. The van der Waals surface area contributed by atoms with E-state index in [2.05, 4.69) is 5.32 Å². The number of hydrogen-bond acceptors (Lipinski definition) is 5. The molecule has 1 fully saturated rings. The Balaban J connectivity index is 2.24. The van der Waals surface area contributed by atoms with Gasteiger partial charge in [0.05, 0.1) is 6.61 Å². The Morgan fingerprint density at radius 2 is 2.28 bits per heavy atom. The molecule has 0 aromatic rings. The summed E-state index contributed by atoms with van der Waals surface area (Å²) in [5.74, 6) is 0.0820. The lowest BCUT2D eigenvalue weighted by molar-refractivity contribution is -0.146. The number of thioether (sulfide) groups is 1. The van der Waals surface area contributed by atoms with Gasteiger partial charge in [0, 0.05) is 25.3 Å². The highest BCUT2D eigenvalue weighted by molar-refractivity contribution is 8.13. The van der Waals surface area contributed by atoms with E-state index in [1.165, 1.54) is 11.8 Å². The fourth-order valence-electron chi connectivity index (χ4n) is 1.51. The van der Waals surface area contributed by atoms with Crippen molar-refractivity contribution in [2.24, 2.45) is 0 Å². The third kappa shape index (κ3) is 4.56. The summed E-state index contributed by atoms with van der Waals surface area (Å²) < 4.78 is 4.78. The van der Waals surface area contributed by atoms with Gasteiger partial charge in [-0.25, -0.2) is 4.79 Å². The van der Waals surface area contributed by atoms with Crippen LogP contribution in [0.4, 0.5) is 4.79 Å². The summed E-state index contributed by atoms with van der Waals surface area (Å²) in [6.45, 7) is 4.66. The zero-order valence-electron chi connectivity index (χ0n) is 10.6. The summed E-state index contributed by atoms with van der Waals surface area (Å²) in [5, 5.41) is 2.56. The first-order valence-corrected chi connectivity index (χ1v) is 6.90. The average molecular weight is 274 g/mol. The van der Waals surface area contributed by atoms with E-state index in [1.807, 2.05) is 0 Å². The Kier molecular flexibility index (Phi) is 5.97. The van der Waals surface area contributed by atoms with Gasteiger partial charge in [0.25, 0.3) is 5.24 Å². The minimum atomic E-state index is -0.652. The first-order valence-electron chi connectivity index (χ1n) is 5.92. The second-order valence-electron chi connectivity index (χ2n) is 3.89. The monoisotopic (exact) mass is 274 g/mol. The maximum Gasteiger partial charge on any atom is 0.328 e. The molecule has 0 bridgehead atoms. The molecule has 1 heterocycles. The van der Waals surface area contributed by atoms with Gasteiger partial charge in [-0.2, -0.15) is 0 Å². The van der Waals surface area contributed by atoms with Gasteiger partial charge in [-0.3, -0.25) is 9.59 Å². The van der Waals surface area contributed by atoms with Crippen molar-refractivity contribution < 1.29 is 19.1 Å². The van der Waals surface area contributed by atoms with Gasteiger partial charge in [0.15, 0.2) is 0 Å². The van der Waals surface area contributed by atoms with Crippen LogP contribution in [0.25, 0.3) is 0 Å². The fraction of sp³-hybridized carbons (Fsp3) is 0.727. The molecule has 1 N–H and O–H groups in total. The summed E-state index contributed by atoms with van der Waals surface area (Å²) in [7, 11) is 0. The first kappa shape index (κ1) is 14.8. The molecule has 1 rings (SSSR count). The summed E-state index contributed by atoms with van der Waals surface area (Å²) in [4.78, 5) is 35.8. The summed E-state index contributed by atoms with van der Waals surface area (Å²) >= 11 is 1.26. The molecule has 1 saturated heterocycles. The summed E-state index contributed by atoms with van der Waals surface area (Å²) in [6, 6.07) is -0.652. The zero-order chi connectivity index (χ0) is 13.5. The van der Waals surface area contributed by atoms with Gasteiger partial charge in [-0.1, -0.05) is 11.8 Å². The van der Waals surface area contributed by atoms with Gasteiger partial charge in [0.2, 0.25) is 5.91 Å². The van der Waals surface area contributed by atoms with Crippen molar-refractivity contribution in [3.8, 4) is 0 Å². The number of hydrogen-bond donors (Lipinski definition) is 1. The smallest absolute Gasteiger partial charge is 0.328 e. The van der Waals surface area contributed by atoms with Crippen LogP contribution >= 0.6 is 11.8 Å². The topological polar surface area (TPSA) is 75.7 Å². The molecular formula is C11H18N2O4S. The van der Waals surface area contributed by atoms with E-state index in [0.717, 1.165) is 5.75 Å². The number of carbonyl (C=O) groups is 3. The molecule has 0 aliphatic carbocycles. The van der Waals surface area contributed by atoms with Crippen molar-refractivity contribution in [2.75, 3.05) is 25.4 Å². The number of nitrogens with one attached hydrogen (secondary N) is 1. The van der Waals surface area contributed by atoms with E-state index >= 15 is 0 Å². The van der Waals surface area contributed by atoms with Crippen molar-refractivity contribution in [3.63, 3.8) is 0 Å². The Bertz CT molecular complexity index is 335. The maximum absolute atomic E-state index is 11.6. The molecule has 2 amide bonds. The number of ether oxygens (including phenoxy) is 1. The number of esters is 1. The highest BCUT2D eigenvalue weighted by atomic mass is 32.2. The highest BCUT2D eigenvalue weighted by Gasteiger charge is 2.22. The molecule has 0 aromatic carbocycles. The molecule has 1 aliphatic heterocycles. The first-order chi connectivity index (χ1) is 8.54. The minimum Gasteiger partial charge on any atom is -0.464 e. The van der Waals surface area contributed by atoms with Gasteiger partial charge >= 0.3 is 5.97 Å². The number of amides is 2. The van der Waals surface area contributed by atoms with E-state index in [1.54, 1.807) is 18.7 Å². The van der Waals surface area contributed by atoms with Crippen molar-refractivity contribution in [1.29, 1.82) is 0 Å². The van der Waals surface area contributed by atoms with E-state index in [9.17, 15) is 14.4 Å². The molecule has 1 unspecified atom stereocenters. The Morgan fingerprint density at radius 3 is 2.83 bits per heavy atom. The third-order valence-corrected chi connectivity index (χ3v) is 3.36. The molecule has 7 heteroatoms. The summed E-state index contributed by atoms with van der Waals surface area (Å²) in [5.41, 5.74) is 0. The van der Waals surface area contributed by atoms with E-state index in [-0.39, 0.29) is 17.6 Å². The molecular weight excluding hydrogens is 256 g/mol. The molecule has 0 spiro atoms. The van der Waals surface area contributed by atoms with Crippen molar-refractivity contribution in [2.45, 2.75) is 26.3 Å². The van der Waals surface area contributed by atoms with Crippen LogP contribution in [0.3, 0.4) is 0 Å². The third-order valence-electron chi connectivity index (χ3n) is 2.47. The largest absolute Gasteiger partial charge is 0.464 e. The molecule has 1 atom stereocenters. The number of carbonyl (C=O) groups excluding carboxylic acids is 3. The SMILES string of the molecule is CCOC(=O)C(C)NC(=O)CCN1CCSC1=O. The van der Waals surface area contributed by atoms with Crippen LogP contribution in [-0.4, -0.2) is 53.5 Å². The Morgan fingerprint density at radius 1 is 1.56 bits per heavy atom. The van der Waals surface area contributed by atoms with E-state index in [4.69, 9.17) is 4.74 Å². The van der Waals surface area contributed by atoms with Crippen LogP contribution in [0, 0.1) is 0 Å². The van der Waals surface area contributed by atoms with Crippen LogP contribution in [0.15, 0.2) is 0 Å². The normalized spacial score (nSPS) is 16.6. The molecule has 0 radical (unpaired) electrons. The standard InChI is InChI=1S/C11H18N2O4S/c1-3-17-10(15)8(2)12-9(14)4-5-13-6-7-18-11(13)16/h8H,3-7H2,1-2H3,(H,12,14). The van der Waals surface area contributed by atoms with Crippen LogP contribution in [0.2, 0.25) is 0 Å². The lowest BCUT2D eigenvalue weighted by Gasteiger charge is -2.16. The minimum absolute atomic E-state index is 0.0150. The predicted molar refractivity (Wildman–Crippen MR) is 68.3 cm³/mol. The molecule has 6 nitrogen and oxygen atoms in total. The van der Waals surface area contributed by atoms with Crippen LogP contribution < -0.4 is 5.32 Å². The Labute approximate surface area is 110 Å². The summed E-state index contributed by atoms with van der Waals surface area (Å²) in [6.07, 6.45) is 0.204. The van der Waals surface area contributed by atoms with Gasteiger partial charge < -0.3 is 15.0 Å². The quantitative estimate of drug-likeness (QED) is 0.718. The lowest BCUT2D eigenvalue weighted by atomic mass is 10.3. The van der Waals surface area contributed by atoms with Crippen LogP contribution in [0.5, 0.6) is 0 Å². The maximum atomic E-state index is 11.6. The fourth-order valence-corrected chi connectivity index (χ4v) is 2.36. The molecule has 1 aliphatic rings. The van der Waals surface area contributed by atoms with Gasteiger partial charge in [0.1, 0.15) is 6.04 Å². The van der Waals surface area contributed by atoms with E-state index < -0.39 is 12.0 Å². The Hall–Kier alpha value is -1.24. The molecule has 102 valence electrons. The van der Waals surface area contributed by atoms with Crippen molar-refractivity contribution in [3.05, 3.63) is 0 Å². The molecule has 0 saturated carbocycles. The van der Waals surface area contributed by atoms with Crippen LogP contribution in [-0.2, 0) is 14.3 Å².